The van der Waals surface area contributed by atoms with E-state index in [1.165, 1.54) is 4.90 Å². The van der Waals surface area contributed by atoms with Gasteiger partial charge in [-0.1, -0.05) is 32.9 Å². The molecule has 0 aromatic heterocycles. The Balaban J connectivity index is 1.71. The van der Waals surface area contributed by atoms with Crippen LogP contribution in [0.5, 0.6) is 0 Å². The summed E-state index contributed by atoms with van der Waals surface area (Å²) in [6.07, 6.45) is 2.67. The third kappa shape index (κ3) is 2.84. The van der Waals surface area contributed by atoms with Crippen molar-refractivity contribution in [1.29, 1.82) is 0 Å². The SMILES string of the molecule is CC(C)(C)[Si](C)(C)O[C@H]1CC[C@@H](N2C(=O)c3ccccc3C2=O)C1. The minimum absolute atomic E-state index is 0.0350. The van der Waals surface area contributed by atoms with Gasteiger partial charge in [0, 0.05) is 12.1 Å². The Morgan fingerprint density at radius 3 is 2.08 bits per heavy atom. The van der Waals surface area contributed by atoms with E-state index in [1.807, 2.05) is 12.1 Å². The molecule has 2 atom stereocenters. The summed E-state index contributed by atoms with van der Waals surface area (Å²) in [5, 5.41) is 0.167. The molecular weight excluding hydrogens is 318 g/mol. The van der Waals surface area contributed by atoms with Gasteiger partial charge >= 0.3 is 0 Å². The van der Waals surface area contributed by atoms with Crippen molar-refractivity contribution in [1.82, 2.24) is 4.90 Å². The van der Waals surface area contributed by atoms with Gasteiger partial charge in [0.2, 0.25) is 0 Å². The molecule has 1 aliphatic carbocycles. The Hall–Kier alpha value is -1.46. The van der Waals surface area contributed by atoms with E-state index in [-0.39, 0.29) is 29.0 Å². The predicted octanol–water partition coefficient (Wildman–Crippen LogP) is 4.23. The van der Waals surface area contributed by atoms with Crippen molar-refractivity contribution in [3.63, 3.8) is 0 Å². The third-order valence-electron chi connectivity index (χ3n) is 5.81. The molecule has 4 nitrogen and oxygen atoms in total. The molecule has 3 rings (SSSR count). The number of nitrogens with zero attached hydrogens (tertiary/aromatic N) is 1. The van der Waals surface area contributed by atoms with Crippen LogP contribution in [0.3, 0.4) is 0 Å². The van der Waals surface area contributed by atoms with Crippen LogP contribution < -0.4 is 0 Å². The molecule has 1 aromatic rings. The number of amides is 2. The summed E-state index contributed by atoms with van der Waals surface area (Å²) in [6, 6.07) is 7.08. The Kier molecular flexibility index (Phi) is 4.20. The van der Waals surface area contributed by atoms with Gasteiger partial charge in [-0.25, -0.2) is 0 Å². The maximum absolute atomic E-state index is 12.6. The molecule has 1 saturated carbocycles. The lowest BCUT2D eigenvalue weighted by atomic mass is 10.1. The zero-order chi connectivity index (χ0) is 17.7. The number of carbonyl (C=O) groups excluding carboxylic acids is 2. The van der Waals surface area contributed by atoms with Crippen molar-refractivity contribution in [2.24, 2.45) is 0 Å². The fourth-order valence-corrected chi connectivity index (χ4v) is 4.79. The Morgan fingerprint density at radius 2 is 1.58 bits per heavy atom. The van der Waals surface area contributed by atoms with Gasteiger partial charge in [-0.3, -0.25) is 14.5 Å². The van der Waals surface area contributed by atoms with E-state index in [0.29, 0.717) is 11.1 Å². The largest absolute Gasteiger partial charge is 0.414 e. The fourth-order valence-electron chi connectivity index (χ4n) is 3.39. The molecule has 2 aliphatic rings. The smallest absolute Gasteiger partial charge is 0.261 e. The quantitative estimate of drug-likeness (QED) is 0.608. The van der Waals surface area contributed by atoms with E-state index in [0.717, 1.165) is 19.3 Å². The monoisotopic (exact) mass is 345 g/mol. The van der Waals surface area contributed by atoms with Gasteiger partial charge in [0.1, 0.15) is 0 Å². The molecule has 5 heteroatoms. The third-order valence-corrected chi connectivity index (χ3v) is 10.3. The van der Waals surface area contributed by atoms with Crippen molar-refractivity contribution in [2.45, 2.75) is 70.3 Å². The predicted molar refractivity (Wildman–Crippen MR) is 96.7 cm³/mol. The Bertz CT molecular complexity index is 642. The van der Waals surface area contributed by atoms with Gasteiger partial charge in [-0.15, -0.1) is 0 Å². The lowest BCUT2D eigenvalue weighted by molar-refractivity contribution is 0.0577. The van der Waals surface area contributed by atoms with E-state index >= 15 is 0 Å². The number of fused-ring (bicyclic) bond motifs is 1. The average molecular weight is 346 g/mol. The lowest BCUT2D eigenvalue weighted by Gasteiger charge is -2.38. The van der Waals surface area contributed by atoms with Crippen LogP contribution >= 0.6 is 0 Å². The first kappa shape index (κ1) is 17.4. The standard InChI is InChI=1S/C19H27NO3Si/c1-19(2,3)24(4,5)23-14-11-10-13(12-14)20-17(21)15-8-6-7-9-16(15)18(20)22/h6-9,13-14H,10-12H2,1-5H3/t13-,14+/m1/s1. The molecule has 0 N–H and O–H groups in total. The zero-order valence-electron chi connectivity index (χ0n) is 15.3. The van der Waals surface area contributed by atoms with Crippen molar-refractivity contribution in [2.75, 3.05) is 0 Å². The van der Waals surface area contributed by atoms with Crippen LogP contribution in [0, 0.1) is 0 Å². The summed E-state index contributed by atoms with van der Waals surface area (Å²) in [5.74, 6) is -0.290. The lowest BCUT2D eigenvalue weighted by Crippen LogP contribution is -2.44. The van der Waals surface area contributed by atoms with Crippen molar-refractivity contribution >= 4 is 20.1 Å². The molecule has 1 aromatic carbocycles. The minimum atomic E-state index is -1.82. The number of imide groups is 1. The van der Waals surface area contributed by atoms with E-state index in [1.54, 1.807) is 12.1 Å². The molecule has 0 saturated heterocycles. The minimum Gasteiger partial charge on any atom is -0.414 e. The topological polar surface area (TPSA) is 46.6 Å². The molecule has 0 bridgehead atoms. The molecular formula is C19H27NO3Si. The number of hydrogen-bond acceptors (Lipinski definition) is 3. The molecule has 1 aliphatic heterocycles. The Labute approximate surface area is 145 Å². The van der Waals surface area contributed by atoms with Crippen LogP contribution in [-0.2, 0) is 4.43 Å². The van der Waals surface area contributed by atoms with Crippen LogP contribution in [0.25, 0.3) is 0 Å². The van der Waals surface area contributed by atoms with Gasteiger partial charge in [-0.05, 0) is 49.5 Å². The highest BCUT2D eigenvalue weighted by molar-refractivity contribution is 6.74. The van der Waals surface area contributed by atoms with Crippen molar-refractivity contribution in [3.05, 3.63) is 35.4 Å². The molecule has 24 heavy (non-hydrogen) atoms. The Morgan fingerprint density at radius 1 is 1.04 bits per heavy atom. The molecule has 130 valence electrons. The number of hydrogen-bond donors (Lipinski definition) is 0. The maximum atomic E-state index is 12.6. The fraction of sp³-hybridized carbons (Fsp3) is 0.579. The number of carbonyl (C=O) groups is 2. The summed E-state index contributed by atoms with van der Waals surface area (Å²) in [4.78, 5) is 26.7. The van der Waals surface area contributed by atoms with Gasteiger partial charge in [0.25, 0.3) is 11.8 Å². The average Bonchev–Trinajstić information content (AvgIpc) is 3.02. The van der Waals surface area contributed by atoms with Crippen molar-refractivity contribution < 1.29 is 14.0 Å². The van der Waals surface area contributed by atoms with Crippen LogP contribution in [-0.4, -0.2) is 37.2 Å². The summed E-state index contributed by atoms with van der Waals surface area (Å²) >= 11 is 0. The van der Waals surface area contributed by atoms with Crippen LogP contribution in [0.1, 0.15) is 60.7 Å². The maximum Gasteiger partial charge on any atom is 0.261 e. The first-order valence-electron chi connectivity index (χ1n) is 8.76. The molecule has 0 spiro atoms. The molecule has 2 amide bonds. The number of benzene rings is 1. The first-order chi connectivity index (χ1) is 11.1. The van der Waals surface area contributed by atoms with E-state index in [9.17, 15) is 9.59 Å². The highest BCUT2D eigenvalue weighted by atomic mass is 28.4. The zero-order valence-corrected chi connectivity index (χ0v) is 16.3. The summed E-state index contributed by atoms with van der Waals surface area (Å²) < 4.78 is 6.49. The van der Waals surface area contributed by atoms with Crippen LogP contribution in [0.15, 0.2) is 24.3 Å². The second-order valence-corrected chi connectivity index (χ2v) is 13.2. The van der Waals surface area contributed by atoms with E-state index < -0.39 is 8.32 Å². The van der Waals surface area contributed by atoms with Crippen molar-refractivity contribution in [3.8, 4) is 0 Å². The van der Waals surface area contributed by atoms with Crippen LogP contribution in [0.4, 0.5) is 0 Å². The second-order valence-electron chi connectivity index (χ2n) is 8.49. The summed E-state index contributed by atoms with van der Waals surface area (Å²) in [6.45, 7) is 11.2. The van der Waals surface area contributed by atoms with E-state index in [2.05, 4.69) is 33.9 Å². The molecule has 1 heterocycles. The van der Waals surface area contributed by atoms with E-state index in [4.69, 9.17) is 4.43 Å². The van der Waals surface area contributed by atoms with Gasteiger partial charge < -0.3 is 4.43 Å². The summed E-state index contributed by atoms with van der Waals surface area (Å²) in [5.41, 5.74) is 1.08. The second kappa shape index (κ2) is 5.81. The normalized spacial score (nSPS) is 24.6. The number of rotatable bonds is 3. The van der Waals surface area contributed by atoms with Gasteiger partial charge in [-0.2, -0.15) is 0 Å². The summed E-state index contributed by atoms with van der Waals surface area (Å²) in [7, 11) is -1.82. The van der Waals surface area contributed by atoms with Gasteiger partial charge in [0.05, 0.1) is 11.1 Å². The molecule has 1 fully saturated rings. The molecule has 0 radical (unpaired) electrons. The first-order valence-corrected chi connectivity index (χ1v) is 11.7. The van der Waals surface area contributed by atoms with Crippen LogP contribution in [0.2, 0.25) is 18.1 Å². The van der Waals surface area contributed by atoms with Gasteiger partial charge in [0.15, 0.2) is 8.32 Å². The highest BCUT2D eigenvalue weighted by Crippen LogP contribution is 2.40. The molecule has 0 unspecified atom stereocenters. The highest BCUT2D eigenvalue weighted by Gasteiger charge is 2.45.